The SMILES string of the molecule is CC(C)N(C)C(=O)C1CCN(C(=O)C[C@@H]2CCC[C@H]2N)CC1. The minimum Gasteiger partial charge on any atom is -0.343 e. The molecule has 22 heavy (non-hydrogen) atoms. The van der Waals surface area contributed by atoms with Gasteiger partial charge in [-0.25, -0.2) is 0 Å². The van der Waals surface area contributed by atoms with Crippen molar-refractivity contribution >= 4 is 11.8 Å². The average molecular weight is 309 g/mol. The van der Waals surface area contributed by atoms with Gasteiger partial charge in [0.2, 0.25) is 11.8 Å². The fraction of sp³-hybridized carbons (Fsp3) is 0.882. The van der Waals surface area contributed by atoms with Crippen molar-refractivity contribution in [1.82, 2.24) is 9.80 Å². The van der Waals surface area contributed by atoms with Crippen LogP contribution in [0.5, 0.6) is 0 Å². The van der Waals surface area contributed by atoms with Crippen molar-refractivity contribution in [1.29, 1.82) is 0 Å². The summed E-state index contributed by atoms with van der Waals surface area (Å²) < 4.78 is 0. The Labute approximate surface area is 134 Å². The van der Waals surface area contributed by atoms with E-state index in [1.54, 1.807) is 0 Å². The Morgan fingerprint density at radius 2 is 1.82 bits per heavy atom. The summed E-state index contributed by atoms with van der Waals surface area (Å²) in [6.45, 7) is 5.48. The zero-order valence-corrected chi connectivity index (χ0v) is 14.3. The summed E-state index contributed by atoms with van der Waals surface area (Å²) in [5.41, 5.74) is 6.06. The van der Waals surface area contributed by atoms with Crippen molar-refractivity contribution in [3.63, 3.8) is 0 Å². The van der Waals surface area contributed by atoms with Crippen molar-refractivity contribution in [3.8, 4) is 0 Å². The van der Waals surface area contributed by atoms with E-state index in [1.807, 2.05) is 30.7 Å². The molecule has 1 saturated carbocycles. The van der Waals surface area contributed by atoms with E-state index in [4.69, 9.17) is 5.73 Å². The van der Waals surface area contributed by atoms with Crippen molar-refractivity contribution in [3.05, 3.63) is 0 Å². The average Bonchev–Trinajstić information content (AvgIpc) is 2.91. The summed E-state index contributed by atoms with van der Waals surface area (Å²) >= 11 is 0. The second-order valence-electron chi connectivity index (χ2n) is 7.26. The molecule has 2 rings (SSSR count). The Bertz CT molecular complexity index is 403. The topological polar surface area (TPSA) is 66.6 Å². The van der Waals surface area contributed by atoms with Crippen LogP contribution >= 0.6 is 0 Å². The summed E-state index contributed by atoms with van der Waals surface area (Å²) in [6, 6.07) is 0.429. The van der Waals surface area contributed by atoms with Crippen LogP contribution in [0.3, 0.4) is 0 Å². The van der Waals surface area contributed by atoms with Crippen molar-refractivity contribution in [2.75, 3.05) is 20.1 Å². The predicted molar refractivity (Wildman–Crippen MR) is 87.1 cm³/mol. The molecular formula is C17H31N3O2. The van der Waals surface area contributed by atoms with Gasteiger partial charge in [-0.2, -0.15) is 0 Å². The lowest BCUT2D eigenvalue weighted by Gasteiger charge is -2.35. The smallest absolute Gasteiger partial charge is 0.225 e. The second-order valence-corrected chi connectivity index (χ2v) is 7.26. The number of likely N-dealkylation sites (tertiary alicyclic amines) is 1. The van der Waals surface area contributed by atoms with Crippen LogP contribution in [0.1, 0.15) is 52.4 Å². The minimum atomic E-state index is 0.0742. The summed E-state index contributed by atoms with van der Waals surface area (Å²) in [5, 5.41) is 0. The number of nitrogens with zero attached hydrogens (tertiary/aromatic N) is 2. The maximum absolute atomic E-state index is 12.4. The van der Waals surface area contributed by atoms with Gasteiger partial charge in [0, 0.05) is 44.6 Å². The first-order chi connectivity index (χ1) is 10.4. The predicted octanol–water partition coefficient (Wildman–Crippen LogP) is 1.61. The Morgan fingerprint density at radius 3 is 2.32 bits per heavy atom. The third-order valence-corrected chi connectivity index (χ3v) is 5.47. The molecule has 5 heteroatoms. The molecule has 0 bridgehead atoms. The Balaban J connectivity index is 1.79. The van der Waals surface area contributed by atoms with Crippen LogP contribution in [0.25, 0.3) is 0 Å². The van der Waals surface area contributed by atoms with Gasteiger partial charge in [0.15, 0.2) is 0 Å². The lowest BCUT2D eigenvalue weighted by Crippen LogP contribution is -2.45. The lowest BCUT2D eigenvalue weighted by molar-refractivity contribution is -0.141. The molecule has 5 nitrogen and oxygen atoms in total. The van der Waals surface area contributed by atoms with Crippen LogP contribution in [0, 0.1) is 11.8 Å². The Hall–Kier alpha value is -1.10. The number of rotatable bonds is 4. The highest BCUT2D eigenvalue weighted by molar-refractivity contribution is 5.80. The van der Waals surface area contributed by atoms with Gasteiger partial charge >= 0.3 is 0 Å². The maximum atomic E-state index is 12.4. The van der Waals surface area contributed by atoms with Gasteiger partial charge in [0.1, 0.15) is 0 Å². The summed E-state index contributed by atoms with van der Waals surface area (Å²) in [5.74, 6) is 0.884. The fourth-order valence-corrected chi connectivity index (χ4v) is 3.59. The Kier molecular flexibility index (Phi) is 5.84. The molecule has 1 aliphatic carbocycles. The summed E-state index contributed by atoms with van der Waals surface area (Å²) in [6.07, 6.45) is 5.46. The van der Waals surface area contributed by atoms with Crippen LogP contribution < -0.4 is 5.73 Å². The van der Waals surface area contributed by atoms with E-state index < -0.39 is 0 Å². The van der Waals surface area contributed by atoms with Gasteiger partial charge in [0.25, 0.3) is 0 Å². The number of piperidine rings is 1. The van der Waals surface area contributed by atoms with Gasteiger partial charge in [-0.15, -0.1) is 0 Å². The molecule has 0 radical (unpaired) electrons. The van der Waals surface area contributed by atoms with Crippen molar-refractivity contribution in [2.24, 2.45) is 17.6 Å². The highest BCUT2D eigenvalue weighted by atomic mass is 16.2. The molecule has 2 atom stereocenters. The van der Waals surface area contributed by atoms with E-state index in [1.165, 1.54) is 0 Å². The maximum Gasteiger partial charge on any atom is 0.225 e. The lowest BCUT2D eigenvalue weighted by atomic mass is 9.93. The van der Waals surface area contributed by atoms with E-state index in [2.05, 4.69) is 0 Å². The third kappa shape index (κ3) is 4.00. The standard InChI is InChI=1S/C17H31N3O2/c1-12(2)19(3)17(22)13-7-9-20(10-8-13)16(21)11-14-5-4-6-15(14)18/h12-15H,4-11,18H2,1-3H3/t14-,15+/m0/s1. The summed E-state index contributed by atoms with van der Waals surface area (Å²) in [7, 11) is 1.87. The van der Waals surface area contributed by atoms with Gasteiger partial charge in [0.05, 0.1) is 0 Å². The molecule has 2 fully saturated rings. The number of hydrogen-bond acceptors (Lipinski definition) is 3. The third-order valence-electron chi connectivity index (χ3n) is 5.47. The number of hydrogen-bond donors (Lipinski definition) is 1. The number of carbonyl (C=O) groups excluding carboxylic acids is 2. The minimum absolute atomic E-state index is 0.0742. The monoisotopic (exact) mass is 309 g/mol. The van der Waals surface area contributed by atoms with E-state index in [-0.39, 0.29) is 29.8 Å². The Morgan fingerprint density at radius 1 is 1.18 bits per heavy atom. The zero-order chi connectivity index (χ0) is 16.3. The molecule has 2 amide bonds. The van der Waals surface area contributed by atoms with Gasteiger partial charge in [-0.1, -0.05) is 6.42 Å². The first-order valence-corrected chi connectivity index (χ1v) is 8.70. The van der Waals surface area contributed by atoms with E-state index in [0.29, 0.717) is 25.4 Å². The second kappa shape index (κ2) is 7.44. The molecule has 1 heterocycles. The molecule has 0 unspecified atom stereocenters. The van der Waals surface area contributed by atoms with Crippen LogP contribution in [0.2, 0.25) is 0 Å². The van der Waals surface area contributed by atoms with Gasteiger partial charge < -0.3 is 15.5 Å². The molecule has 0 spiro atoms. The molecule has 2 N–H and O–H groups in total. The van der Waals surface area contributed by atoms with E-state index in [9.17, 15) is 9.59 Å². The van der Waals surface area contributed by atoms with Crippen LogP contribution in [-0.4, -0.2) is 53.8 Å². The molecule has 0 aromatic heterocycles. The normalized spacial score (nSPS) is 26.5. The molecular weight excluding hydrogens is 278 g/mol. The number of nitrogens with two attached hydrogens (primary N) is 1. The zero-order valence-electron chi connectivity index (χ0n) is 14.3. The van der Waals surface area contributed by atoms with Crippen LogP contribution in [0.15, 0.2) is 0 Å². The van der Waals surface area contributed by atoms with Crippen molar-refractivity contribution in [2.45, 2.75) is 64.5 Å². The summed E-state index contributed by atoms with van der Waals surface area (Å²) in [4.78, 5) is 28.5. The van der Waals surface area contributed by atoms with Gasteiger partial charge in [-0.05, 0) is 45.4 Å². The molecule has 2 aliphatic rings. The van der Waals surface area contributed by atoms with Gasteiger partial charge in [-0.3, -0.25) is 9.59 Å². The highest BCUT2D eigenvalue weighted by Gasteiger charge is 2.32. The largest absolute Gasteiger partial charge is 0.343 e. The molecule has 1 saturated heterocycles. The fourth-order valence-electron chi connectivity index (χ4n) is 3.59. The quantitative estimate of drug-likeness (QED) is 0.858. The molecule has 126 valence electrons. The highest BCUT2D eigenvalue weighted by Crippen LogP contribution is 2.28. The molecule has 0 aromatic rings. The van der Waals surface area contributed by atoms with Crippen molar-refractivity contribution < 1.29 is 9.59 Å². The van der Waals surface area contributed by atoms with Crippen LogP contribution in [0.4, 0.5) is 0 Å². The van der Waals surface area contributed by atoms with E-state index >= 15 is 0 Å². The first-order valence-electron chi connectivity index (χ1n) is 8.70. The molecule has 1 aliphatic heterocycles. The molecule has 0 aromatic carbocycles. The van der Waals surface area contributed by atoms with E-state index in [0.717, 1.165) is 32.1 Å². The first kappa shape index (κ1) is 17.3. The number of amides is 2. The number of carbonyl (C=O) groups is 2. The van der Waals surface area contributed by atoms with Crippen LogP contribution in [-0.2, 0) is 9.59 Å².